The summed E-state index contributed by atoms with van der Waals surface area (Å²) in [6.07, 6.45) is 2.14. The minimum Gasteiger partial charge on any atom is -0.497 e. The number of methoxy groups -OCH3 is 1. The minimum absolute atomic E-state index is 0.0526. The summed E-state index contributed by atoms with van der Waals surface area (Å²) in [5.74, 6) is -0.259. The number of nitro groups is 1. The van der Waals surface area contributed by atoms with Crippen molar-refractivity contribution in [2.45, 2.75) is 19.1 Å². The van der Waals surface area contributed by atoms with Crippen LogP contribution >= 0.6 is 11.8 Å². The molecule has 1 N–H and O–H groups in total. The molecule has 1 aromatic heterocycles. The van der Waals surface area contributed by atoms with Crippen LogP contribution in [0.1, 0.15) is 22.3 Å². The summed E-state index contributed by atoms with van der Waals surface area (Å²) in [7, 11) is 1.49. The number of esters is 1. The van der Waals surface area contributed by atoms with Gasteiger partial charge in [0.2, 0.25) is 0 Å². The molecule has 1 amide bonds. The van der Waals surface area contributed by atoms with Gasteiger partial charge in [-0.05, 0) is 36.6 Å². The van der Waals surface area contributed by atoms with Crippen LogP contribution in [-0.4, -0.2) is 42.0 Å². The van der Waals surface area contributed by atoms with Crippen LogP contribution in [0.2, 0.25) is 0 Å². The van der Waals surface area contributed by atoms with Crippen molar-refractivity contribution in [1.29, 1.82) is 0 Å². The van der Waals surface area contributed by atoms with Gasteiger partial charge in [0.1, 0.15) is 24.0 Å². The summed E-state index contributed by atoms with van der Waals surface area (Å²) < 4.78 is 15.8. The molecule has 1 unspecified atom stereocenters. The molecular formula is C23H22N2O8S. The number of rotatable bonds is 10. The van der Waals surface area contributed by atoms with E-state index in [0.29, 0.717) is 22.5 Å². The minimum atomic E-state index is -0.981. The number of thioether (sulfide) groups is 1. The van der Waals surface area contributed by atoms with Gasteiger partial charge in [0.25, 0.3) is 11.6 Å². The monoisotopic (exact) mass is 486 g/mol. The maximum absolute atomic E-state index is 12.8. The Morgan fingerprint density at radius 3 is 2.71 bits per heavy atom. The normalized spacial score (nSPS) is 11.6. The molecule has 1 atom stereocenters. The fraction of sp³-hybridized carbons (Fsp3) is 0.261. The summed E-state index contributed by atoms with van der Waals surface area (Å²) in [6.45, 7) is -0.213. The van der Waals surface area contributed by atoms with Crippen LogP contribution in [-0.2, 0) is 16.1 Å². The number of benzene rings is 2. The number of hydrogen-bond acceptors (Lipinski definition) is 9. The zero-order valence-electron chi connectivity index (χ0n) is 18.4. The van der Waals surface area contributed by atoms with Crippen LogP contribution < -0.4 is 15.7 Å². The predicted octanol–water partition coefficient (Wildman–Crippen LogP) is 3.30. The van der Waals surface area contributed by atoms with Crippen LogP contribution in [0.3, 0.4) is 0 Å². The summed E-state index contributed by atoms with van der Waals surface area (Å²) in [6, 6.07) is 10.4. The molecule has 0 fully saturated rings. The van der Waals surface area contributed by atoms with E-state index in [2.05, 4.69) is 5.32 Å². The highest BCUT2D eigenvalue weighted by Crippen LogP contribution is 2.23. The summed E-state index contributed by atoms with van der Waals surface area (Å²) in [5, 5.41) is 14.1. The molecule has 10 nitrogen and oxygen atoms in total. The zero-order valence-corrected chi connectivity index (χ0v) is 19.3. The average molecular weight is 487 g/mol. The number of carbonyl (C=O) groups is 2. The standard InChI is InChI=1S/C23H22N2O8S/c1-31-17-6-7-18-15(11-21(26)33-20(18)12-17)13-32-23(28)19(8-9-34-2)24-22(27)14-4-3-5-16(10-14)25(29)30/h3-7,10-12,19H,8-9,13H2,1-2H3,(H,24,27). The Labute approximate surface area is 198 Å². The van der Waals surface area contributed by atoms with Crippen LogP contribution in [0, 0.1) is 10.1 Å². The number of non-ortho nitro benzene ring substituents is 1. The average Bonchev–Trinajstić information content (AvgIpc) is 2.84. The number of amides is 1. The SMILES string of the molecule is COc1ccc2c(COC(=O)C(CCSC)NC(=O)c3cccc([N+](=O)[O-])c3)cc(=O)oc2c1. The lowest BCUT2D eigenvalue weighted by molar-refractivity contribution is -0.384. The summed E-state index contributed by atoms with van der Waals surface area (Å²) in [4.78, 5) is 47.8. The van der Waals surface area contributed by atoms with E-state index in [1.54, 1.807) is 18.2 Å². The van der Waals surface area contributed by atoms with E-state index in [0.717, 1.165) is 6.07 Å². The molecule has 34 heavy (non-hydrogen) atoms. The van der Waals surface area contributed by atoms with E-state index in [9.17, 15) is 24.5 Å². The van der Waals surface area contributed by atoms with Gasteiger partial charge in [0, 0.05) is 40.8 Å². The Bertz CT molecular complexity index is 1270. The van der Waals surface area contributed by atoms with E-state index in [1.807, 2.05) is 6.26 Å². The van der Waals surface area contributed by atoms with Gasteiger partial charge in [-0.2, -0.15) is 11.8 Å². The third-order valence-electron chi connectivity index (χ3n) is 4.93. The number of hydrogen-bond donors (Lipinski definition) is 1. The largest absolute Gasteiger partial charge is 0.497 e. The summed E-state index contributed by atoms with van der Waals surface area (Å²) >= 11 is 1.48. The predicted molar refractivity (Wildman–Crippen MR) is 126 cm³/mol. The molecule has 2 aromatic carbocycles. The Balaban J connectivity index is 1.76. The molecule has 1 heterocycles. The lowest BCUT2D eigenvalue weighted by atomic mass is 10.1. The Kier molecular flexibility index (Phi) is 8.25. The third-order valence-corrected chi connectivity index (χ3v) is 5.57. The number of ether oxygens (including phenoxy) is 2. The van der Waals surface area contributed by atoms with Gasteiger partial charge in [-0.3, -0.25) is 14.9 Å². The van der Waals surface area contributed by atoms with E-state index < -0.39 is 28.5 Å². The van der Waals surface area contributed by atoms with Gasteiger partial charge < -0.3 is 19.2 Å². The first-order valence-electron chi connectivity index (χ1n) is 10.1. The first-order valence-corrected chi connectivity index (χ1v) is 11.5. The topological polar surface area (TPSA) is 138 Å². The van der Waals surface area contributed by atoms with Crippen molar-refractivity contribution in [3.63, 3.8) is 0 Å². The number of nitrogens with one attached hydrogen (secondary N) is 1. The fourth-order valence-electron chi connectivity index (χ4n) is 3.19. The second kappa shape index (κ2) is 11.3. The Morgan fingerprint density at radius 1 is 1.21 bits per heavy atom. The van der Waals surface area contributed by atoms with Crippen molar-refractivity contribution in [3.8, 4) is 5.75 Å². The van der Waals surface area contributed by atoms with Gasteiger partial charge in [-0.15, -0.1) is 0 Å². The molecule has 0 aliphatic rings. The third kappa shape index (κ3) is 6.13. The van der Waals surface area contributed by atoms with Gasteiger partial charge in [-0.25, -0.2) is 9.59 Å². The van der Waals surface area contributed by atoms with Gasteiger partial charge in [-0.1, -0.05) is 6.07 Å². The van der Waals surface area contributed by atoms with Crippen molar-refractivity contribution in [2.75, 3.05) is 19.1 Å². The zero-order chi connectivity index (χ0) is 24.7. The van der Waals surface area contributed by atoms with Crippen molar-refractivity contribution in [3.05, 3.63) is 80.2 Å². The van der Waals surface area contributed by atoms with Crippen molar-refractivity contribution in [2.24, 2.45) is 0 Å². The quantitative estimate of drug-likeness (QED) is 0.198. The second-order valence-corrected chi connectivity index (χ2v) is 8.16. The Morgan fingerprint density at radius 2 is 2.00 bits per heavy atom. The lowest BCUT2D eigenvalue weighted by Gasteiger charge is -2.18. The van der Waals surface area contributed by atoms with E-state index in [4.69, 9.17) is 13.9 Å². The highest BCUT2D eigenvalue weighted by Gasteiger charge is 2.24. The first-order chi connectivity index (χ1) is 16.3. The highest BCUT2D eigenvalue weighted by atomic mass is 32.2. The molecule has 3 aromatic rings. The smallest absolute Gasteiger partial charge is 0.336 e. The van der Waals surface area contributed by atoms with Crippen LogP contribution in [0.25, 0.3) is 11.0 Å². The molecule has 0 aliphatic heterocycles. The number of fused-ring (bicyclic) bond motifs is 1. The Hall–Kier alpha value is -3.86. The van der Waals surface area contributed by atoms with Gasteiger partial charge in [0.05, 0.1) is 12.0 Å². The number of nitro benzene ring substituents is 1. The van der Waals surface area contributed by atoms with E-state index in [-0.39, 0.29) is 29.9 Å². The maximum Gasteiger partial charge on any atom is 0.336 e. The molecule has 0 bridgehead atoms. The van der Waals surface area contributed by atoms with Gasteiger partial charge in [0.15, 0.2) is 0 Å². The molecule has 0 saturated heterocycles. The second-order valence-electron chi connectivity index (χ2n) is 7.18. The van der Waals surface area contributed by atoms with Crippen LogP contribution in [0.15, 0.2) is 57.7 Å². The van der Waals surface area contributed by atoms with Crippen LogP contribution in [0.4, 0.5) is 5.69 Å². The van der Waals surface area contributed by atoms with Gasteiger partial charge >= 0.3 is 11.6 Å². The first kappa shape index (κ1) is 24.8. The van der Waals surface area contributed by atoms with Crippen molar-refractivity contribution < 1.29 is 28.4 Å². The van der Waals surface area contributed by atoms with Crippen LogP contribution in [0.5, 0.6) is 5.75 Å². The molecule has 0 aliphatic carbocycles. The molecule has 11 heteroatoms. The molecule has 0 saturated carbocycles. The molecule has 0 spiro atoms. The number of nitrogens with zero attached hydrogens (tertiary/aromatic N) is 1. The number of carbonyl (C=O) groups excluding carboxylic acids is 2. The molecule has 3 rings (SSSR count). The van der Waals surface area contributed by atoms with Crippen molar-refractivity contribution in [1.82, 2.24) is 5.32 Å². The maximum atomic E-state index is 12.8. The molecule has 178 valence electrons. The lowest BCUT2D eigenvalue weighted by Crippen LogP contribution is -2.42. The van der Waals surface area contributed by atoms with Crippen molar-refractivity contribution >= 4 is 40.3 Å². The van der Waals surface area contributed by atoms with E-state index in [1.165, 1.54) is 43.1 Å². The summed E-state index contributed by atoms with van der Waals surface area (Å²) in [5.41, 5.74) is -0.0598. The highest BCUT2D eigenvalue weighted by molar-refractivity contribution is 7.98. The molecular weight excluding hydrogens is 464 g/mol. The molecule has 0 radical (unpaired) electrons. The fourth-order valence-corrected chi connectivity index (χ4v) is 3.66. The van der Waals surface area contributed by atoms with E-state index >= 15 is 0 Å².